The molecule has 5 heteroatoms. The van der Waals surface area contributed by atoms with E-state index in [9.17, 15) is 0 Å². The molecule has 2 aromatic heterocycles. The maximum Gasteiger partial charge on any atom is 0.224 e. The molecule has 0 aromatic carbocycles. The van der Waals surface area contributed by atoms with Gasteiger partial charge < -0.3 is 10.6 Å². The van der Waals surface area contributed by atoms with Crippen LogP contribution in [0.2, 0.25) is 0 Å². The van der Waals surface area contributed by atoms with Crippen LogP contribution in [-0.2, 0) is 13.0 Å². The minimum atomic E-state index is 0.659. The Labute approximate surface area is 119 Å². The Morgan fingerprint density at radius 1 is 1.15 bits per heavy atom. The monoisotopic (exact) mass is 271 g/mol. The zero-order chi connectivity index (χ0) is 14.4. The molecule has 0 bridgehead atoms. The molecule has 2 heterocycles. The van der Waals surface area contributed by atoms with Crippen molar-refractivity contribution in [2.75, 3.05) is 17.2 Å². The Kier molecular flexibility index (Phi) is 4.87. The molecule has 0 unspecified atom stereocenters. The van der Waals surface area contributed by atoms with Crippen LogP contribution in [0.1, 0.15) is 30.8 Å². The topological polar surface area (TPSA) is 62.7 Å². The zero-order valence-electron chi connectivity index (χ0n) is 12.3. The van der Waals surface area contributed by atoms with Gasteiger partial charge in [0.25, 0.3) is 0 Å². The normalized spacial score (nSPS) is 10.3. The first-order chi connectivity index (χ1) is 9.72. The van der Waals surface area contributed by atoms with Crippen LogP contribution < -0.4 is 10.6 Å². The van der Waals surface area contributed by atoms with Gasteiger partial charge >= 0.3 is 0 Å². The molecule has 0 aliphatic rings. The van der Waals surface area contributed by atoms with E-state index in [4.69, 9.17) is 0 Å². The Morgan fingerprint density at radius 2 is 2.00 bits per heavy atom. The highest BCUT2D eigenvalue weighted by atomic mass is 15.1. The van der Waals surface area contributed by atoms with E-state index in [1.165, 1.54) is 5.56 Å². The second-order valence-corrected chi connectivity index (χ2v) is 4.56. The highest BCUT2D eigenvalue weighted by Crippen LogP contribution is 2.12. The Morgan fingerprint density at radius 3 is 2.75 bits per heavy atom. The lowest BCUT2D eigenvalue weighted by Crippen LogP contribution is -2.09. The van der Waals surface area contributed by atoms with Gasteiger partial charge in [-0.3, -0.25) is 4.98 Å². The van der Waals surface area contributed by atoms with Crippen LogP contribution in [0.4, 0.5) is 11.8 Å². The molecule has 5 nitrogen and oxygen atoms in total. The summed E-state index contributed by atoms with van der Waals surface area (Å²) < 4.78 is 0. The predicted octanol–water partition coefficient (Wildman–Crippen LogP) is 2.79. The van der Waals surface area contributed by atoms with E-state index in [-0.39, 0.29) is 0 Å². The van der Waals surface area contributed by atoms with Gasteiger partial charge in [0.15, 0.2) is 0 Å². The third-order valence-corrected chi connectivity index (χ3v) is 2.99. The van der Waals surface area contributed by atoms with Gasteiger partial charge in [0, 0.05) is 24.5 Å². The zero-order valence-corrected chi connectivity index (χ0v) is 12.3. The van der Waals surface area contributed by atoms with Crippen molar-refractivity contribution in [3.05, 3.63) is 41.3 Å². The molecular formula is C15H21N5. The van der Waals surface area contributed by atoms with Crippen molar-refractivity contribution in [1.29, 1.82) is 0 Å². The summed E-state index contributed by atoms with van der Waals surface area (Å²) in [6.07, 6.45) is 2.81. The van der Waals surface area contributed by atoms with E-state index in [1.54, 1.807) is 0 Å². The van der Waals surface area contributed by atoms with Crippen LogP contribution in [-0.4, -0.2) is 21.5 Å². The van der Waals surface area contributed by atoms with Crippen molar-refractivity contribution in [2.24, 2.45) is 0 Å². The summed E-state index contributed by atoms with van der Waals surface area (Å²) in [6, 6.07) is 6.02. The quantitative estimate of drug-likeness (QED) is 0.846. The molecule has 0 atom stereocenters. The van der Waals surface area contributed by atoms with Crippen LogP contribution in [0.3, 0.4) is 0 Å². The summed E-state index contributed by atoms with van der Waals surface area (Å²) in [6.45, 7) is 7.61. The number of hydrogen-bond donors (Lipinski definition) is 2. The highest BCUT2D eigenvalue weighted by Gasteiger charge is 2.04. The fourth-order valence-corrected chi connectivity index (χ4v) is 2.02. The van der Waals surface area contributed by atoms with Gasteiger partial charge in [-0.25, -0.2) is 4.98 Å². The molecule has 0 saturated heterocycles. The first kappa shape index (κ1) is 14.2. The van der Waals surface area contributed by atoms with Gasteiger partial charge in [-0.1, -0.05) is 13.0 Å². The maximum absolute atomic E-state index is 4.43. The van der Waals surface area contributed by atoms with Gasteiger partial charge in [-0.15, -0.1) is 0 Å². The summed E-state index contributed by atoms with van der Waals surface area (Å²) in [5.74, 6) is 1.48. The summed E-state index contributed by atoms with van der Waals surface area (Å²) in [5, 5.41) is 6.45. The first-order valence-corrected chi connectivity index (χ1v) is 6.99. The summed E-state index contributed by atoms with van der Waals surface area (Å²) in [5.41, 5.74) is 3.27. The molecule has 106 valence electrons. The van der Waals surface area contributed by atoms with Gasteiger partial charge in [0.2, 0.25) is 5.95 Å². The smallest absolute Gasteiger partial charge is 0.224 e. The average Bonchev–Trinajstić information content (AvgIpc) is 2.45. The number of aryl methyl sites for hydroxylation is 2. The lowest BCUT2D eigenvalue weighted by atomic mass is 10.1. The minimum Gasteiger partial charge on any atom is -0.364 e. The molecule has 20 heavy (non-hydrogen) atoms. The SMILES string of the molecule is CCNc1nc(C)cc(NCc2ncccc2CC)n1. The minimum absolute atomic E-state index is 0.659. The lowest BCUT2D eigenvalue weighted by molar-refractivity contribution is 0.956. The molecule has 0 aliphatic carbocycles. The second-order valence-electron chi connectivity index (χ2n) is 4.56. The number of pyridine rings is 1. The molecule has 0 fully saturated rings. The van der Waals surface area contributed by atoms with Crippen LogP contribution >= 0.6 is 0 Å². The highest BCUT2D eigenvalue weighted by molar-refractivity contribution is 5.42. The average molecular weight is 271 g/mol. The van der Waals surface area contributed by atoms with Crippen LogP contribution in [0.5, 0.6) is 0 Å². The predicted molar refractivity (Wildman–Crippen MR) is 81.9 cm³/mol. The van der Waals surface area contributed by atoms with Gasteiger partial charge in [0.05, 0.1) is 12.2 Å². The molecular weight excluding hydrogens is 250 g/mol. The molecule has 0 spiro atoms. The fraction of sp³-hybridized carbons (Fsp3) is 0.400. The van der Waals surface area contributed by atoms with Crippen molar-refractivity contribution >= 4 is 11.8 Å². The number of aromatic nitrogens is 3. The van der Waals surface area contributed by atoms with Gasteiger partial charge in [-0.05, 0) is 31.9 Å². The van der Waals surface area contributed by atoms with Gasteiger partial charge in [-0.2, -0.15) is 4.98 Å². The Bertz CT molecular complexity index is 568. The van der Waals surface area contributed by atoms with Crippen molar-refractivity contribution in [1.82, 2.24) is 15.0 Å². The molecule has 0 amide bonds. The number of nitrogens with one attached hydrogen (secondary N) is 2. The maximum atomic E-state index is 4.43. The standard InChI is InChI=1S/C15H21N5/c1-4-12-7-6-8-17-13(12)10-18-14-9-11(3)19-15(20-14)16-5-2/h6-9H,4-5,10H2,1-3H3,(H2,16,18,19,20). The van der Waals surface area contributed by atoms with Crippen LogP contribution in [0.15, 0.2) is 24.4 Å². The van der Waals surface area contributed by atoms with E-state index in [2.05, 4.69) is 38.6 Å². The van der Waals surface area contributed by atoms with Crippen molar-refractivity contribution in [3.8, 4) is 0 Å². The van der Waals surface area contributed by atoms with Crippen LogP contribution in [0.25, 0.3) is 0 Å². The van der Waals surface area contributed by atoms with E-state index in [0.717, 1.165) is 30.2 Å². The summed E-state index contributed by atoms with van der Waals surface area (Å²) >= 11 is 0. The molecule has 0 saturated carbocycles. The number of nitrogens with zero attached hydrogens (tertiary/aromatic N) is 3. The van der Waals surface area contributed by atoms with E-state index in [0.29, 0.717) is 12.5 Å². The van der Waals surface area contributed by atoms with Crippen molar-refractivity contribution in [3.63, 3.8) is 0 Å². The van der Waals surface area contributed by atoms with E-state index in [1.807, 2.05) is 32.2 Å². The third kappa shape index (κ3) is 3.66. The van der Waals surface area contributed by atoms with E-state index < -0.39 is 0 Å². The lowest BCUT2D eigenvalue weighted by Gasteiger charge is -2.10. The van der Waals surface area contributed by atoms with Crippen molar-refractivity contribution < 1.29 is 0 Å². The molecule has 2 N–H and O–H groups in total. The van der Waals surface area contributed by atoms with Crippen LogP contribution in [0, 0.1) is 6.92 Å². The number of rotatable bonds is 6. The Balaban J connectivity index is 2.10. The summed E-state index contributed by atoms with van der Waals surface area (Å²) in [4.78, 5) is 13.2. The largest absolute Gasteiger partial charge is 0.364 e. The second kappa shape index (κ2) is 6.84. The third-order valence-electron chi connectivity index (χ3n) is 2.99. The molecule has 2 rings (SSSR count). The van der Waals surface area contributed by atoms with E-state index >= 15 is 0 Å². The molecule has 2 aromatic rings. The van der Waals surface area contributed by atoms with Crippen molar-refractivity contribution in [2.45, 2.75) is 33.7 Å². The molecule has 0 aliphatic heterocycles. The van der Waals surface area contributed by atoms with Gasteiger partial charge in [0.1, 0.15) is 5.82 Å². The number of hydrogen-bond acceptors (Lipinski definition) is 5. The Hall–Kier alpha value is -2.17. The first-order valence-electron chi connectivity index (χ1n) is 6.99. The summed E-state index contributed by atoms with van der Waals surface area (Å²) in [7, 11) is 0. The fourth-order valence-electron chi connectivity index (χ4n) is 2.02. The molecule has 0 radical (unpaired) electrons. The number of anilines is 2.